The molecule has 0 aliphatic rings. The van der Waals surface area contributed by atoms with E-state index in [0.29, 0.717) is 0 Å². The normalized spacial score (nSPS) is 8.62. The van der Waals surface area contributed by atoms with Crippen LogP contribution in [-0.2, 0) is 0 Å². The zero-order chi connectivity index (χ0) is 7.15. The molecule has 0 aliphatic heterocycles. The van der Waals surface area contributed by atoms with E-state index in [4.69, 9.17) is 33.9 Å². The quantitative estimate of drug-likeness (QED) is 0.716. The Hall–Kier alpha value is 1.41. The van der Waals surface area contributed by atoms with Crippen molar-refractivity contribution in [2.24, 2.45) is 0 Å². The van der Waals surface area contributed by atoms with Gasteiger partial charge in [0.25, 0.3) is 0 Å². The van der Waals surface area contributed by atoms with Crippen LogP contribution >= 0.6 is 18.9 Å². The molecule has 8 heavy (non-hydrogen) atoms. The molecular formula is CH2Cl3DyO3. The summed E-state index contributed by atoms with van der Waals surface area (Å²) in [4.78, 5) is 8.56. The van der Waals surface area contributed by atoms with Gasteiger partial charge in [-0.25, -0.2) is 4.79 Å². The number of halogens is 3. The van der Waals surface area contributed by atoms with Gasteiger partial charge in [0.2, 0.25) is 0 Å². The van der Waals surface area contributed by atoms with Crippen LogP contribution in [0.5, 0.6) is 0 Å². The molecule has 0 unspecified atom stereocenters. The van der Waals surface area contributed by atoms with Crippen LogP contribution in [0.15, 0.2) is 0 Å². The van der Waals surface area contributed by atoms with Gasteiger partial charge >= 0.3 is 52.8 Å². The number of hydrogen-bond donors (Lipinski definition) is 2. The van der Waals surface area contributed by atoms with Gasteiger partial charge in [-0.05, 0) is 0 Å². The zero-order valence-electron chi connectivity index (χ0n) is 3.25. The van der Waals surface area contributed by atoms with E-state index in [0.717, 1.165) is 0 Å². The molecule has 0 saturated heterocycles. The van der Waals surface area contributed by atoms with Crippen molar-refractivity contribution in [2.75, 3.05) is 0 Å². The van der Waals surface area contributed by atoms with E-state index in [1.54, 1.807) is 0 Å². The summed E-state index contributed by atoms with van der Waals surface area (Å²) in [5, 5.41) is 13.9. The number of hydrogen-bond acceptors (Lipinski definition) is 1. The van der Waals surface area contributed by atoms with Crippen LogP contribution in [0.2, 0.25) is 0 Å². The predicted octanol–water partition coefficient (Wildman–Crippen LogP) is 2.29. The van der Waals surface area contributed by atoms with Crippen molar-refractivity contribution in [3.63, 3.8) is 0 Å². The van der Waals surface area contributed by atoms with Crippen LogP contribution in [-0.4, -0.2) is 16.4 Å². The number of carbonyl (C=O) groups is 1. The van der Waals surface area contributed by atoms with Crippen molar-refractivity contribution in [1.29, 1.82) is 0 Å². The number of rotatable bonds is 0. The maximum absolute atomic E-state index is 8.56. The number of carboxylic acid groups (broad SMARTS) is 2. The Balaban J connectivity index is 0. The first-order valence-corrected chi connectivity index (χ1v) is 8.63. The average molecular weight is 331 g/mol. The second-order valence-corrected chi connectivity index (χ2v) is 9.33. The van der Waals surface area contributed by atoms with Crippen LogP contribution in [0.3, 0.4) is 0 Å². The molecule has 0 fully saturated rings. The molecule has 3 nitrogen and oxygen atoms in total. The molecule has 2 N–H and O–H groups in total. The molecule has 7 heteroatoms. The molecule has 0 aromatic rings. The molecule has 0 rings (SSSR count). The van der Waals surface area contributed by atoms with Crippen molar-refractivity contribution in [1.82, 2.24) is 0 Å². The standard InChI is InChI=1S/CH2O3.3ClH.Dy/c2-1(3)4;;;;/h(H2,2,3,4);3*1H;/q;;;;+3/p-3. The summed E-state index contributed by atoms with van der Waals surface area (Å²) in [5.41, 5.74) is 0. The minimum atomic E-state index is -1.85. The molecule has 0 aromatic heterocycles. The molecule has 0 aliphatic carbocycles. The molecule has 0 amide bonds. The SMILES string of the molecule is O=C(O)O.[Cl][Dy]([Cl])[Cl]. The zero-order valence-corrected chi connectivity index (χ0v) is 7.55. The van der Waals surface area contributed by atoms with Crippen LogP contribution in [0.4, 0.5) is 4.79 Å². The van der Waals surface area contributed by atoms with Crippen LogP contribution in [0.1, 0.15) is 0 Å². The van der Waals surface area contributed by atoms with E-state index in [9.17, 15) is 0 Å². The van der Waals surface area contributed by atoms with E-state index in [1.165, 1.54) is 0 Å². The van der Waals surface area contributed by atoms with E-state index in [2.05, 4.69) is 0 Å². The third kappa shape index (κ3) is 153. The molecule has 0 aromatic carbocycles. The molecule has 0 atom stereocenters. The minimum absolute atomic E-state index is 1.83. The van der Waals surface area contributed by atoms with Gasteiger partial charge in [0.1, 0.15) is 0 Å². The Labute approximate surface area is 66.7 Å². The molecule has 0 saturated carbocycles. The van der Waals surface area contributed by atoms with E-state index in [-0.39, 0.29) is 0 Å². The second kappa shape index (κ2) is 8.41. The topological polar surface area (TPSA) is 57.5 Å². The Morgan fingerprint density at radius 1 is 1.25 bits per heavy atom. The fourth-order valence-electron chi connectivity index (χ4n) is 0. The summed E-state index contributed by atoms with van der Waals surface area (Å²) in [6.45, 7) is 0. The Morgan fingerprint density at radius 2 is 1.25 bits per heavy atom. The van der Waals surface area contributed by atoms with Crippen LogP contribution in [0, 0.1) is 27.7 Å². The molecule has 0 heterocycles. The van der Waals surface area contributed by atoms with Gasteiger partial charge in [0, 0.05) is 0 Å². The fourth-order valence-corrected chi connectivity index (χ4v) is 0. The van der Waals surface area contributed by atoms with Gasteiger partial charge in [-0.2, -0.15) is 0 Å². The van der Waals surface area contributed by atoms with Crippen molar-refractivity contribution in [2.45, 2.75) is 0 Å². The summed E-state index contributed by atoms with van der Waals surface area (Å²) < 4.78 is 0. The third-order valence-electron chi connectivity index (χ3n) is 0. The summed E-state index contributed by atoms with van der Waals surface area (Å²) >= 11 is -1.85. The predicted molar refractivity (Wildman–Crippen MR) is 28.2 cm³/mol. The van der Waals surface area contributed by atoms with Crippen LogP contribution in [0.25, 0.3) is 0 Å². The Bertz CT molecular complexity index is 58.8. The second-order valence-electron chi connectivity index (χ2n) is 0.418. The molecular weight excluding hydrogens is 329 g/mol. The van der Waals surface area contributed by atoms with Crippen molar-refractivity contribution < 1.29 is 42.8 Å². The third-order valence-corrected chi connectivity index (χ3v) is 0. The monoisotopic (exact) mass is 331 g/mol. The summed E-state index contributed by atoms with van der Waals surface area (Å²) in [7, 11) is 0. The first-order valence-electron chi connectivity index (χ1n) is 1.01. The van der Waals surface area contributed by atoms with Crippen LogP contribution < -0.4 is 0 Å². The van der Waals surface area contributed by atoms with E-state index < -0.39 is 33.9 Å². The van der Waals surface area contributed by atoms with Gasteiger partial charge in [0.05, 0.1) is 0 Å². The summed E-state index contributed by atoms with van der Waals surface area (Å²) in [6.07, 6.45) is 13.1. The van der Waals surface area contributed by atoms with Gasteiger partial charge in [-0.3, -0.25) is 0 Å². The van der Waals surface area contributed by atoms with Crippen molar-refractivity contribution in [3.05, 3.63) is 0 Å². The Kier molecular flexibility index (Phi) is 12.7. The average Bonchev–Trinajstić information content (AvgIpc) is 1.25. The molecule has 0 radical (unpaired) electrons. The first kappa shape index (κ1) is 12.1. The van der Waals surface area contributed by atoms with Crippen molar-refractivity contribution >= 4 is 25.1 Å². The maximum atomic E-state index is 8.56. The van der Waals surface area contributed by atoms with Gasteiger partial charge < -0.3 is 10.2 Å². The van der Waals surface area contributed by atoms with Gasteiger partial charge in [-0.1, -0.05) is 0 Å². The Morgan fingerprint density at radius 3 is 1.25 bits per heavy atom. The van der Waals surface area contributed by atoms with E-state index >= 15 is 0 Å². The first-order chi connectivity index (χ1) is 3.46. The molecule has 0 spiro atoms. The summed E-state index contributed by atoms with van der Waals surface area (Å²) in [5.74, 6) is 0. The molecule has 0 bridgehead atoms. The van der Waals surface area contributed by atoms with Gasteiger partial charge in [0.15, 0.2) is 0 Å². The summed E-state index contributed by atoms with van der Waals surface area (Å²) in [6, 6.07) is 0. The fraction of sp³-hybridized carbons (Fsp3) is 0. The van der Waals surface area contributed by atoms with Crippen molar-refractivity contribution in [3.8, 4) is 0 Å². The molecule has 55 valence electrons. The van der Waals surface area contributed by atoms with Gasteiger partial charge in [-0.15, -0.1) is 0 Å². The van der Waals surface area contributed by atoms with E-state index in [1.807, 2.05) is 0 Å².